The van der Waals surface area contributed by atoms with Gasteiger partial charge >= 0.3 is 6.09 Å². The molecule has 2 aromatic heterocycles. The number of halogens is 1. The molecule has 8 nitrogen and oxygen atoms in total. The number of amides is 1. The van der Waals surface area contributed by atoms with Crippen molar-refractivity contribution in [2.24, 2.45) is 0 Å². The molecule has 2 aromatic rings. The first-order valence-corrected chi connectivity index (χ1v) is 11.7. The Bertz CT molecular complexity index is 906. The number of piperazine rings is 2. The predicted octanol–water partition coefficient (Wildman–Crippen LogP) is 3.67. The van der Waals surface area contributed by atoms with Crippen LogP contribution in [0.2, 0.25) is 0 Å². The number of ether oxygens (including phenoxy) is 1. The van der Waals surface area contributed by atoms with Gasteiger partial charge < -0.3 is 24.8 Å². The molecule has 2 saturated heterocycles. The monoisotopic (exact) mass is 490 g/mol. The maximum atomic E-state index is 12.0. The van der Waals surface area contributed by atoms with E-state index in [1.54, 1.807) is 4.90 Å². The molecule has 0 aliphatic carbocycles. The lowest BCUT2D eigenvalue weighted by atomic mass is 10.2. The van der Waals surface area contributed by atoms with Crippen LogP contribution in [0.25, 0.3) is 0 Å². The van der Waals surface area contributed by atoms with Crippen molar-refractivity contribution < 1.29 is 9.53 Å². The van der Waals surface area contributed by atoms with Crippen LogP contribution < -0.4 is 15.1 Å². The number of hydrogen-bond acceptors (Lipinski definition) is 7. The van der Waals surface area contributed by atoms with Crippen LogP contribution in [0.3, 0.4) is 0 Å². The summed E-state index contributed by atoms with van der Waals surface area (Å²) >= 11 is 0. The standard InChI is InChI=1S/C15H23N3O2.C10H15N3.ClH/c1-12-5-6-16-13(11-12)17-7-9-18(10-8-17)14(19)20-15(2,3)4;1-9-2-3-12-10(8-9)13-6-4-11-5-7-13;/h5-6,11H,7-10H2,1-4H3;2-3,8,11H,4-7H2,1H3;1H. The summed E-state index contributed by atoms with van der Waals surface area (Å²) in [6.45, 7) is 17.0. The van der Waals surface area contributed by atoms with Gasteiger partial charge in [-0.1, -0.05) is 0 Å². The van der Waals surface area contributed by atoms with Gasteiger partial charge in [0.15, 0.2) is 0 Å². The van der Waals surface area contributed by atoms with Gasteiger partial charge in [-0.25, -0.2) is 14.8 Å². The third kappa shape index (κ3) is 8.65. The fourth-order valence-electron chi connectivity index (χ4n) is 3.72. The summed E-state index contributed by atoms with van der Waals surface area (Å²) in [6.07, 6.45) is 3.48. The van der Waals surface area contributed by atoms with Crippen molar-refractivity contribution in [3.05, 3.63) is 47.8 Å². The maximum Gasteiger partial charge on any atom is 0.410 e. The zero-order chi connectivity index (χ0) is 23.8. The number of pyridine rings is 2. The van der Waals surface area contributed by atoms with E-state index in [-0.39, 0.29) is 18.5 Å². The Morgan fingerprint density at radius 1 is 0.853 bits per heavy atom. The van der Waals surface area contributed by atoms with Gasteiger partial charge in [0.05, 0.1) is 0 Å². The number of hydrogen-bond donors (Lipinski definition) is 1. The molecule has 0 unspecified atom stereocenters. The highest BCUT2D eigenvalue weighted by Gasteiger charge is 2.26. The first-order valence-electron chi connectivity index (χ1n) is 11.7. The summed E-state index contributed by atoms with van der Waals surface area (Å²) in [5.74, 6) is 2.09. The molecule has 4 rings (SSSR count). The van der Waals surface area contributed by atoms with Gasteiger partial charge in [-0.2, -0.15) is 0 Å². The highest BCUT2D eigenvalue weighted by Crippen LogP contribution is 2.17. The van der Waals surface area contributed by atoms with Crippen LogP contribution in [0, 0.1) is 13.8 Å². The molecular weight excluding hydrogens is 452 g/mol. The van der Waals surface area contributed by atoms with Crippen LogP contribution in [-0.2, 0) is 4.74 Å². The van der Waals surface area contributed by atoms with E-state index < -0.39 is 5.60 Å². The molecule has 0 atom stereocenters. The Balaban J connectivity index is 0.000000253. The minimum absolute atomic E-state index is 0. The van der Waals surface area contributed by atoms with E-state index in [1.807, 2.05) is 45.3 Å². The maximum absolute atomic E-state index is 12.0. The van der Waals surface area contributed by atoms with E-state index in [0.717, 1.165) is 50.9 Å². The summed E-state index contributed by atoms with van der Waals surface area (Å²) in [5, 5.41) is 3.33. The minimum atomic E-state index is -0.438. The van der Waals surface area contributed by atoms with Crippen molar-refractivity contribution in [1.29, 1.82) is 0 Å². The highest BCUT2D eigenvalue weighted by atomic mass is 35.5. The Hall–Kier alpha value is -2.58. The average molecular weight is 491 g/mol. The molecule has 2 fully saturated rings. The van der Waals surface area contributed by atoms with Crippen LogP contribution in [0.15, 0.2) is 36.7 Å². The first-order chi connectivity index (χ1) is 15.7. The first kappa shape index (κ1) is 27.7. The SMILES string of the molecule is Cc1ccnc(N2CCN(C(=O)OC(C)(C)C)CC2)c1.Cc1ccnc(N2CCNCC2)c1.Cl. The van der Waals surface area contributed by atoms with Gasteiger partial charge in [-0.05, 0) is 70.0 Å². The molecule has 34 heavy (non-hydrogen) atoms. The van der Waals surface area contributed by atoms with Gasteiger partial charge in [-0.15, -0.1) is 12.4 Å². The second-order valence-electron chi connectivity index (χ2n) is 9.57. The normalized spacial score (nSPS) is 16.2. The summed E-state index contributed by atoms with van der Waals surface area (Å²) in [7, 11) is 0. The molecule has 0 bridgehead atoms. The van der Waals surface area contributed by atoms with Crippen LogP contribution in [0.4, 0.5) is 16.4 Å². The van der Waals surface area contributed by atoms with E-state index >= 15 is 0 Å². The predicted molar refractivity (Wildman–Crippen MR) is 140 cm³/mol. The summed E-state index contributed by atoms with van der Waals surface area (Å²) in [5.41, 5.74) is 2.04. The summed E-state index contributed by atoms with van der Waals surface area (Å²) in [6, 6.07) is 8.24. The number of rotatable bonds is 2. The molecule has 0 saturated carbocycles. The Labute approximate surface area is 210 Å². The summed E-state index contributed by atoms with van der Waals surface area (Å²) < 4.78 is 5.39. The van der Waals surface area contributed by atoms with Crippen molar-refractivity contribution in [3.8, 4) is 0 Å². The van der Waals surface area contributed by atoms with Crippen LogP contribution in [-0.4, -0.2) is 78.9 Å². The second kappa shape index (κ2) is 12.8. The molecule has 4 heterocycles. The third-order valence-corrected chi connectivity index (χ3v) is 5.50. The van der Waals surface area contributed by atoms with Gasteiger partial charge in [0.25, 0.3) is 0 Å². The van der Waals surface area contributed by atoms with Gasteiger partial charge in [-0.3, -0.25) is 0 Å². The van der Waals surface area contributed by atoms with Crippen molar-refractivity contribution in [1.82, 2.24) is 20.2 Å². The number of carbonyl (C=O) groups excluding carboxylic acids is 1. The fraction of sp³-hybridized carbons (Fsp3) is 0.560. The van der Waals surface area contributed by atoms with Crippen LogP contribution >= 0.6 is 12.4 Å². The molecular formula is C25H39ClN6O2. The van der Waals surface area contributed by atoms with E-state index in [9.17, 15) is 4.79 Å². The largest absolute Gasteiger partial charge is 0.444 e. The quantitative estimate of drug-likeness (QED) is 0.688. The topological polar surface area (TPSA) is 73.8 Å². The van der Waals surface area contributed by atoms with Crippen molar-refractivity contribution in [2.75, 3.05) is 62.2 Å². The number of anilines is 2. The molecule has 2 aliphatic heterocycles. The molecule has 2 aliphatic rings. The van der Waals surface area contributed by atoms with Crippen molar-refractivity contribution >= 4 is 30.1 Å². The molecule has 0 spiro atoms. The second-order valence-corrected chi connectivity index (χ2v) is 9.57. The van der Waals surface area contributed by atoms with Gasteiger partial charge in [0, 0.05) is 64.8 Å². The number of nitrogens with one attached hydrogen (secondary N) is 1. The number of aryl methyl sites for hydroxylation is 2. The smallest absolute Gasteiger partial charge is 0.410 e. The zero-order valence-electron chi connectivity index (χ0n) is 21.1. The van der Waals surface area contributed by atoms with Gasteiger partial charge in [0.1, 0.15) is 17.2 Å². The number of nitrogens with zero attached hydrogens (tertiary/aromatic N) is 5. The van der Waals surface area contributed by atoms with Crippen molar-refractivity contribution in [3.63, 3.8) is 0 Å². The van der Waals surface area contributed by atoms with E-state index in [1.165, 1.54) is 11.1 Å². The summed E-state index contributed by atoms with van der Waals surface area (Å²) in [4.78, 5) is 27.0. The van der Waals surface area contributed by atoms with Crippen LogP contribution in [0.1, 0.15) is 31.9 Å². The number of aromatic nitrogens is 2. The Morgan fingerprint density at radius 2 is 1.32 bits per heavy atom. The lowest BCUT2D eigenvalue weighted by molar-refractivity contribution is 0.0240. The lowest BCUT2D eigenvalue weighted by Gasteiger charge is -2.36. The molecule has 0 radical (unpaired) electrons. The lowest BCUT2D eigenvalue weighted by Crippen LogP contribution is -2.50. The van der Waals surface area contributed by atoms with Gasteiger partial charge in [0.2, 0.25) is 0 Å². The van der Waals surface area contributed by atoms with E-state index in [2.05, 4.69) is 51.1 Å². The van der Waals surface area contributed by atoms with Crippen LogP contribution in [0.5, 0.6) is 0 Å². The third-order valence-electron chi connectivity index (χ3n) is 5.50. The molecule has 1 N–H and O–H groups in total. The zero-order valence-corrected chi connectivity index (χ0v) is 21.9. The average Bonchev–Trinajstić information content (AvgIpc) is 2.79. The van der Waals surface area contributed by atoms with E-state index in [4.69, 9.17) is 4.74 Å². The number of carbonyl (C=O) groups is 1. The fourth-order valence-corrected chi connectivity index (χ4v) is 3.72. The highest BCUT2D eigenvalue weighted by molar-refractivity contribution is 5.85. The molecule has 9 heteroatoms. The molecule has 188 valence electrons. The Kier molecular flexibility index (Phi) is 10.4. The van der Waals surface area contributed by atoms with Crippen molar-refractivity contribution in [2.45, 2.75) is 40.2 Å². The molecule has 1 amide bonds. The van der Waals surface area contributed by atoms with E-state index in [0.29, 0.717) is 13.1 Å². The molecule has 0 aromatic carbocycles. The Morgan fingerprint density at radius 3 is 1.76 bits per heavy atom. The minimum Gasteiger partial charge on any atom is -0.444 e.